The summed E-state index contributed by atoms with van der Waals surface area (Å²) in [7, 11) is 1.90. The van der Waals surface area contributed by atoms with Crippen LogP contribution >= 0.6 is 0 Å². The Morgan fingerprint density at radius 1 is 1.16 bits per heavy atom. The number of aryl methyl sites for hydroxylation is 1. The zero-order valence-corrected chi connectivity index (χ0v) is 22.1. The highest BCUT2D eigenvalue weighted by Gasteiger charge is 2.28. The maximum Gasteiger partial charge on any atom is 0.254 e. The predicted octanol–water partition coefficient (Wildman–Crippen LogP) is 3.33. The fourth-order valence-corrected chi connectivity index (χ4v) is 5.44. The number of hydrogen-bond acceptors (Lipinski definition) is 5. The Morgan fingerprint density at radius 2 is 1.92 bits per heavy atom. The van der Waals surface area contributed by atoms with Crippen LogP contribution in [-0.4, -0.2) is 69.5 Å². The van der Waals surface area contributed by atoms with Gasteiger partial charge in [-0.15, -0.1) is 0 Å². The summed E-state index contributed by atoms with van der Waals surface area (Å²) in [6.07, 6.45) is 7.86. The summed E-state index contributed by atoms with van der Waals surface area (Å²) in [4.78, 5) is 32.4. The van der Waals surface area contributed by atoms with Crippen LogP contribution in [0.25, 0.3) is 16.6 Å². The minimum absolute atomic E-state index is 0.0794. The Hall–Kier alpha value is -3.56. The minimum atomic E-state index is -0.436. The average Bonchev–Trinajstić information content (AvgIpc) is 3.49. The number of aromatic nitrogens is 3. The van der Waals surface area contributed by atoms with Gasteiger partial charge in [0.25, 0.3) is 11.8 Å². The SMILES string of the molecule is CC1=CC(C)=NC(=O)C1CNC(=O)c1cc2cc(-c3cnn(C)c3)cn2c(C(C)N2CCOCC2)c1C. The molecule has 2 amide bonds. The highest BCUT2D eigenvalue weighted by molar-refractivity contribution is 6.06. The lowest BCUT2D eigenvalue weighted by Crippen LogP contribution is -2.39. The first-order chi connectivity index (χ1) is 17.7. The number of aliphatic imine (C=N–C) groups is 1. The maximum absolute atomic E-state index is 13.5. The van der Waals surface area contributed by atoms with E-state index in [9.17, 15) is 9.59 Å². The fraction of sp³-hybridized carbons (Fsp3) is 0.429. The number of hydrogen-bond donors (Lipinski definition) is 1. The van der Waals surface area contributed by atoms with E-state index in [2.05, 4.69) is 43.9 Å². The van der Waals surface area contributed by atoms with Crippen LogP contribution in [0.5, 0.6) is 0 Å². The predicted molar refractivity (Wildman–Crippen MR) is 143 cm³/mol. The minimum Gasteiger partial charge on any atom is -0.379 e. The molecule has 37 heavy (non-hydrogen) atoms. The molecule has 9 heteroatoms. The van der Waals surface area contributed by atoms with E-state index in [0.29, 0.717) is 24.5 Å². The number of morpholine rings is 1. The van der Waals surface area contributed by atoms with Gasteiger partial charge in [0.1, 0.15) is 0 Å². The smallest absolute Gasteiger partial charge is 0.254 e. The van der Waals surface area contributed by atoms with Gasteiger partial charge < -0.3 is 14.5 Å². The molecule has 5 heterocycles. The van der Waals surface area contributed by atoms with Gasteiger partial charge in [-0.25, -0.2) is 4.99 Å². The molecule has 0 aromatic carbocycles. The number of rotatable bonds is 6. The highest BCUT2D eigenvalue weighted by atomic mass is 16.5. The lowest BCUT2D eigenvalue weighted by Gasteiger charge is -2.34. The number of ether oxygens (including phenoxy) is 1. The van der Waals surface area contributed by atoms with Crippen LogP contribution < -0.4 is 5.32 Å². The molecule has 0 spiro atoms. The number of amides is 2. The fourth-order valence-electron chi connectivity index (χ4n) is 5.44. The van der Waals surface area contributed by atoms with Crippen LogP contribution in [0.1, 0.15) is 48.4 Å². The molecule has 2 atom stereocenters. The van der Waals surface area contributed by atoms with E-state index in [4.69, 9.17) is 4.74 Å². The van der Waals surface area contributed by atoms with Crippen LogP contribution in [0.2, 0.25) is 0 Å². The van der Waals surface area contributed by atoms with E-state index in [-0.39, 0.29) is 24.4 Å². The second kappa shape index (κ2) is 10.1. The molecule has 0 saturated carbocycles. The number of nitrogens with zero attached hydrogens (tertiary/aromatic N) is 5. The van der Waals surface area contributed by atoms with Crippen molar-refractivity contribution in [3.05, 3.63) is 59.2 Å². The number of allylic oxidation sites excluding steroid dienone is 1. The second-order valence-corrected chi connectivity index (χ2v) is 10.1. The molecule has 0 radical (unpaired) electrons. The number of dihydropyridines is 1. The molecule has 5 rings (SSSR count). The third kappa shape index (κ3) is 4.89. The first-order valence-electron chi connectivity index (χ1n) is 12.7. The summed E-state index contributed by atoms with van der Waals surface area (Å²) in [6, 6.07) is 4.11. The lowest BCUT2D eigenvalue weighted by atomic mass is 9.95. The van der Waals surface area contributed by atoms with Gasteiger partial charge in [-0.05, 0) is 51.5 Å². The van der Waals surface area contributed by atoms with Gasteiger partial charge in [0.2, 0.25) is 0 Å². The van der Waals surface area contributed by atoms with Crippen molar-refractivity contribution in [3.63, 3.8) is 0 Å². The Kier molecular flexibility index (Phi) is 6.83. The molecule has 2 aliphatic rings. The molecule has 3 aromatic heterocycles. The lowest BCUT2D eigenvalue weighted by molar-refractivity contribution is -0.120. The van der Waals surface area contributed by atoms with Gasteiger partial charge in [-0.1, -0.05) is 5.57 Å². The van der Waals surface area contributed by atoms with Crippen LogP contribution in [-0.2, 0) is 16.6 Å². The molecule has 0 aliphatic carbocycles. The van der Waals surface area contributed by atoms with Gasteiger partial charge >= 0.3 is 0 Å². The van der Waals surface area contributed by atoms with Crippen molar-refractivity contribution >= 4 is 23.0 Å². The van der Waals surface area contributed by atoms with Crippen molar-refractivity contribution < 1.29 is 14.3 Å². The Balaban J connectivity index is 1.52. The van der Waals surface area contributed by atoms with E-state index in [1.165, 1.54) is 0 Å². The number of nitrogens with one attached hydrogen (secondary N) is 1. The van der Waals surface area contributed by atoms with Gasteiger partial charge in [0.15, 0.2) is 0 Å². The quantitative estimate of drug-likeness (QED) is 0.558. The van der Waals surface area contributed by atoms with Crippen molar-refractivity contribution in [3.8, 4) is 11.1 Å². The number of pyridine rings is 1. The molecule has 2 unspecified atom stereocenters. The Bertz CT molecular complexity index is 1420. The molecule has 1 fully saturated rings. The number of fused-ring (bicyclic) bond motifs is 1. The molecular weight excluding hydrogens is 468 g/mol. The topological polar surface area (TPSA) is 93.2 Å². The van der Waals surface area contributed by atoms with Crippen LogP contribution in [0.4, 0.5) is 0 Å². The van der Waals surface area contributed by atoms with E-state index in [1.54, 1.807) is 4.68 Å². The van der Waals surface area contributed by atoms with Crippen LogP contribution in [0.3, 0.4) is 0 Å². The molecule has 1 saturated heterocycles. The van der Waals surface area contributed by atoms with Crippen molar-refractivity contribution in [2.24, 2.45) is 18.0 Å². The monoisotopic (exact) mass is 502 g/mol. The zero-order chi connectivity index (χ0) is 26.3. The molecule has 3 aromatic rings. The molecule has 9 nitrogen and oxygen atoms in total. The highest BCUT2D eigenvalue weighted by Crippen LogP contribution is 2.32. The number of carbonyl (C=O) groups is 2. The third-order valence-corrected chi connectivity index (χ3v) is 7.50. The van der Waals surface area contributed by atoms with Crippen molar-refractivity contribution in [1.82, 2.24) is 24.4 Å². The van der Waals surface area contributed by atoms with Crippen molar-refractivity contribution in [2.45, 2.75) is 33.7 Å². The van der Waals surface area contributed by atoms with Crippen molar-refractivity contribution in [1.29, 1.82) is 0 Å². The summed E-state index contributed by atoms with van der Waals surface area (Å²) in [5, 5.41) is 7.33. The Morgan fingerprint density at radius 3 is 2.59 bits per heavy atom. The summed E-state index contributed by atoms with van der Waals surface area (Å²) in [5.74, 6) is -0.834. The largest absolute Gasteiger partial charge is 0.379 e. The summed E-state index contributed by atoms with van der Waals surface area (Å²) < 4.78 is 9.56. The van der Waals surface area contributed by atoms with Crippen LogP contribution in [0.15, 0.2) is 47.4 Å². The van der Waals surface area contributed by atoms with Gasteiger partial charge in [-0.2, -0.15) is 5.10 Å². The van der Waals surface area contributed by atoms with Crippen LogP contribution in [0, 0.1) is 12.8 Å². The Labute approximate surface area is 216 Å². The molecule has 194 valence electrons. The first-order valence-corrected chi connectivity index (χ1v) is 12.7. The van der Waals surface area contributed by atoms with E-state index in [0.717, 1.165) is 46.6 Å². The van der Waals surface area contributed by atoms with E-state index in [1.807, 2.05) is 52.4 Å². The summed E-state index contributed by atoms with van der Waals surface area (Å²) in [6.45, 7) is 11.2. The summed E-state index contributed by atoms with van der Waals surface area (Å²) in [5.41, 5.74) is 7.23. The normalized spacial score (nSPS) is 19.6. The molecule has 1 N–H and O–H groups in total. The number of carbonyl (C=O) groups excluding carboxylic acids is 2. The van der Waals surface area contributed by atoms with E-state index < -0.39 is 5.92 Å². The molecule has 0 bridgehead atoms. The standard InChI is InChI=1S/C28H34N6O3/c1-17-10-18(2)31-28(36)25(17)14-29-27(35)24-12-23-11-21(22-13-30-32(5)15-22)16-34(23)26(19(24)3)20(4)33-6-8-37-9-7-33/h10-13,15-16,20,25H,6-9,14H2,1-5H3,(H,29,35). The molecular formula is C28H34N6O3. The van der Waals surface area contributed by atoms with Gasteiger partial charge in [0.05, 0.1) is 25.3 Å². The first kappa shape index (κ1) is 25.1. The van der Waals surface area contributed by atoms with Crippen molar-refractivity contribution in [2.75, 3.05) is 32.8 Å². The third-order valence-electron chi connectivity index (χ3n) is 7.50. The van der Waals surface area contributed by atoms with E-state index >= 15 is 0 Å². The van der Waals surface area contributed by atoms with Gasteiger partial charge in [-0.3, -0.25) is 19.2 Å². The summed E-state index contributed by atoms with van der Waals surface area (Å²) >= 11 is 0. The maximum atomic E-state index is 13.5. The zero-order valence-electron chi connectivity index (χ0n) is 22.1. The second-order valence-electron chi connectivity index (χ2n) is 10.1. The average molecular weight is 503 g/mol. The van der Waals surface area contributed by atoms with Gasteiger partial charge in [0, 0.05) is 78.7 Å². The molecule has 2 aliphatic heterocycles.